The molecule has 1 aliphatic heterocycles. The van der Waals surface area contributed by atoms with Gasteiger partial charge in [-0.15, -0.1) is 0 Å². The molecule has 0 aliphatic carbocycles. The van der Waals surface area contributed by atoms with Crippen LogP contribution in [0.4, 0.5) is 0 Å². The van der Waals surface area contributed by atoms with E-state index < -0.39 is 0 Å². The van der Waals surface area contributed by atoms with Crippen molar-refractivity contribution in [1.82, 2.24) is 10.2 Å². The van der Waals surface area contributed by atoms with Gasteiger partial charge in [-0.1, -0.05) is 20.8 Å². The molecular weight excluding hydrogens is 240 g/mol. The molecule has 2 atom stereocenters. The third-order valence-corrected chi connectivity index (χ3v) is 3.60. The van der Waals surface area contributed by atoms with Gasteiger partial charge in [-0.25, -0.2) is 0 Å². The van der Waals surface area contributed by atoms with E-state index in [1.54, 1.807) is 0 Å². The van der Waals surface area contributed by atoms with Crippen LogP contribution in [0.5, 0.6) is 0 Å². The summed E-state index contributed by atoms with van der Waals surface area (Å²) in [5, 5.41) is 3.44. The van der Waals surface area contributed by atoms with Crippen LogP contribution in [0.1, 0.15) is 53.9 Å². The van der Waals surface area contributed by atoms with Crippen LogP contribution in [0.25, 0.3) is 0 Å². The van der Waals surface area contributed by atoms with Gasteiger partial charge < -0.3 is 9.64 Å². The van der Waals surface area contributed by atoms with Crippen LogP contribution in [0.3, 0.4) is 0 Å². The number of hydrogen-bond acceptors (Lipinski definition) is 3. The van der Waals surface area contributed by atoms with E-state index in [2.05, 4.69) is 26.1 Å². The second-order valence-electron chi connectivity index (χ2n) is 5.97. The van der Waals surface area contributed by atoms with Crippen LogP contribution in [0.15, 0.2) is 0 Å². The smallest absolute Gasteiger partial charge is 0.241 e. The number of nitrogens with one attached hydrogen (secondary N) is 1. The summed E-state index contributed by atoms with van der Waals surface area (Å²) in [5.74, 6) is 0.627. The van der Waals surface area contributed by atoms with Crippen LogP contribution in [0, 0.1) is 5.92 Å². The highest BCUT2D eigenvalue weighted by Gasteiger charge is 2.38. The number of carbonyl (C=O) groups is 1. The maximum Gasteiger partial charge on any atom is 0.241 e. The molecular formula is C15H30N2O2. The number of carbonyl (C=O) groups excluding carboxylic acids is 1. The summed E-state index contributed by atoms with van der Waals surface area (Å²) in [6, 6.07) is -0.00290. The first-order valence-corrected chi connectivity index (χ1v) is 7.65. The summed E-state index contributed by atoms with van der Waals surface area (Å²) in [6.07, 6.45) is 3.51. The third-order valence-electron chi connectivity index (χ3n) is 3.60. The first-order chi connectivity index (χ1) is 8.97. The number of amides is 1. The van der Waals surface area contributed by atoms with Crippen LogP contribution in [0.2, 0.25) is 0 Å². The van der Waals surface area contributed by atoms with Gasteiger partial charge in [0.1, 0.15) is 0 Å². The molecule has 2 unspecified atom stereocenters. The molecule has 1 aliphatic rings. The van der Waals surface area contributed by atoms with E-state index >= 15 is 0 Å². The topological polar surface area (TPSA) is 41.6 Å². The summed E-state index contributed by atoms with van der Waals surface area (Å²) < 4.78 is 5.53. The molecule has 19 heavy (non-hydrogen) atoms. The molecule has 4 nitrogen and oxygen atoms in total. The summed E-state index contributed by atoms with van der Waals surface area (Å²) in [4.78, 5) is 14.3. The number of unbranched alkanes of at least 4 members (excludes halogenated alkanes) is 1. The zero-order valence-electron chi connectivity index (χ0n) is 13.1. The minimum absolute atomic E-state index is 0.00290. The standard InChI is InChI=1S/C15H30N2O2/c1-6-13-16-14(11(2)3)15(18)17(13)9-7-8-10-19-12(4)5/h11-14,16H,6-10H2,1-5H3. The van der Waals surface area contributed by atoms with Crippen molar-refractivity contribution < 1.29 is 9.53 Å². The number of ether oxygens (including phenoxy) is 1. The maximum atomic E-state index is 12.3. The third kappa shape index (κ3) is 4.77. The van der Waals surface area contributed by atoms with E-state index in [4.69, 9.17) is 4.74 Å². The Morgan fingerprint density at radius 2 is 1.95 bits per heavy atom. The number of nitrogens with zero attached hydrogens (tertiary/aromatic N) is 1. The van der Waals surface area contributed by atoms with Gasteiger partial charge in [0.15, 0.2) is 0 Å². The van der Waals surface area contributed by atoms with E-state index in [1.165, 1.54) is 0 Å². The molecule has 1 saturated heterocycles. The Labute approximate surface area is 117 Å². The lowest BCUT2D eigenvalue weighted by Gasteiger charge is -2.23. The van der Waals surface area contributed by atoms with Crippen molar-refractivity contribution in [3.05, 3.63) is 0 Å². The van der Waals surface area contributed by atoms with Gasteiger partial charge in [0.05, 0.1) is 18.3 Å². The van der Waals surface area contributed by atoms with E-state index in [1.807, 2.05) is 18.7 Å². The summed E-state index contributed by atoms with van der Waals surface area (Å²) >= 11 is 0. The molecule has 0 bridgehead atoms. The van der Waals surface area contributed by atoms with Crippen molar-refractivity contribution in [3.63, 3.8) is 0 Å². The lowest BCUT2D eigenvalue weighted by atomic mass is 10.1. The Hall–Kier alpha value is -0.610. The van der Waals surface area contributed by atoms with E-state index in [-0.39, 0.29) is 18.1 Å². The Morgan fingerprint density at radius 1 is 1.26 bits per heavy atom. The van der Waals surface area contributed by atoms with Crippen molar-refractivity contribution >= 4 is 5.91 Å². The largest absolute Gasteiger partial charge is 0.379 e. The van der Waals surface area contributed by atoms with Gasteiger partial charge in [0.25, 0.3) is 0 Å². The quantitative estimate of drug-likeness (QED) is 0.689. The van der Waals surface area contributed by atoms with Gasteiger partial charge in [0, 0.05) is 13.2 Å². The minimum Gasteiger partial charge on any atom is -0.379 e. The fourth-order valence-electron chi connectivity index (χ4n) is 2.49. The van der Waals surface area contributed by atoms with Crippen LogP contribution < -0.4 is 5.32 Å². The van der Waals surface area contributed by atoms with E-state index in [9.17, 15) is 4.79 Å². The van der Waals surface area contributed by atoms with Crippen LogP contribution in [-0.2, 0) is 9.53 Å². The highest BCUT2D eigenvalue weighted by Crippen LogP contribution is 2.19. The van der Waals surface area contributed by atoms with Crippen molar-refractivity contribution in [1.29, 1.82) is 0 Å². The number of rotatable bonds is 8. The molecule has 0 radical (unpaired) electrons. The second kappa shape index (κ2) is 7.85. The normalized spacial score (nSPS) is 23.9. The van der Waals surface area contributed by atoms with Gasteiger partial charge in [-0.05, 0) is 39.0 Å². The molecule has 1 rings (SSSR count). The Morgan fingerprint density at radius 3 is 2.47 bits per heavy atom. The molecule has 0 aromatic heterocycles. The highest BCUT2D eigenvalue weighted by molar-refractivity contribution is 5.84. The van der Waals surface area contributed by atoms with Gasteiger partial charge in [0.2, 0.25) is 5.91 Å². The molecule has 0 aromatic carbocycles. The molecule has 1 amide bonds. The first kappa shape index (κ1) is 16.4. The zero-order chi connectivity index (χ0) is 14.4. The number of hydrogen-bond donors (Lipinski definition) is 1. The van der Waals surface area contributed by atoms with Crippen LogP contribution >= 0.6 is 0 Å². The Balaban J connectivity index is 2.36. The SMILES string of the molecule is CCC1NC(C(C)C)C(=O)N1CCCCOC(C)C. The Bertz CT molecular complexity index is 279. The maximum absolute atomic E-state index is 12.3. The lowest BCUT2D eigenvalue weighted by Crippen LogP contribution is -2.37. The van der Waals surface area contributed by atoms with Crippen molar-refractivity contribution in [3.8, 4) is 0 Å². The molecule has 112 valence electrons. The molecule has 0 spiro atoms. The average molecular weight is 270 g/mol. The molecule has 1 heterocycles. The summed E-state index contributed by atoms with van der Waals surface area (Å²) in [7, 11) is 0. The average Bonchev–Trinajstić information content (AvgIpc) is 2.66. The van der Waals surface area contributed by atoms with Gasteiger partial charge in [-0.3, -0.25) is 10.1 Å². The molecule has 0 aromatic rings. The Kier molecular flexibility index (Phi) is 6.80. The molecule has 0 saturated carbocycles. The van der Waals surface area contributed by atoms with Crippen LogP contribution in [-0.4, -0.2) is 42.3 Å². The van der Waals surface area contributed by atoms with Crippen molar-refractivity contribution in [2.45, 2.75) is 72.2 Å². The lowest BCUT2D eigenvalue weighted by molar-refractivity contribution is -0.130. The zero-order valence-corrected chi connectivity index (χ0v) is 13.1. The second-order valence-corrected chi connectivity index (χ2v) is 5.97. The fraction of sp³-hybridized carbons (Fsp3) is 0.933. The minimum atomic E-state index is -0.00290. The monoisotopic (exact) mass is 270 g/mol. The molecule has 1 N–H and O–H groups in total. The molecule has 1 fully saturated rings. The predicted octanol–water partition coefficient (Wildman–Crippen LogP) is 2.38. The van der Waals surface area contributed by atoms with Crippen molar-refractivity contribution in [2.24, 2.45) is 5.92 Å². The summed E-state index contributed by atoms with van der Waals surface area (Å²) in [5.41, 5.74) is 0. The summed E-state index contributed by atoms with van der Waals surface area (Å²) in [6.45, 7) is 12.1. The van der Waals surface area contributed by atoms with Gasteiger partial charge >= 0.3 is 0 Å². The van der Waals surface area contributed by atoms with Crippen molar-refractivity contribution in [2.75, 3.05) is 13.2 Å². The fourth-order valence-corrected chi connectivity index (χ4v) is 2.49. The predicted molar refractivity (Wildman–Crippen MR) is 77.9 cm³/mol. The van der Waals surface area contributed by atoms with Gasteiger partial charge in [-0.2, -0.15) is 0 Å². The van der Waals surface area contributed by atoms with E-state index in [0.717, 1.165) is 32.4 Å². The highest BCUT2D eigenvalue weighted by atomic mass is 16.5. The first-order valence-electron chi connectivity index (χ1n) is 7.65. The molecule has 4 heteroatoms. The van der Waals surface area contributed by atoms with E-state index in [0.29, 0.717) is 12.0 Å².